The number of nitrogens with one attached hydrogen (secondary N) is 1. The van der Waals surface area contributed by atoms with Crippen molar-refractivity contribution in [2.24, 2.45) is 7.05 Å². The van der Waals surface area contributed by atoms with Crippen LogP contribution in [0.5, 0.6) is 0 Å². The molecule has 0 saturated carbocycles. The lowest BCUT2D eigenvalue weighted by atomic mass is 9.85. The van der Waals surface area contributed by atoms with E-state index in [4.69, 9.17) is 0 Å². The second-order valence-electron chi connectivity index (χ2n) is 8.85. The van der Waals surface area contributed by atoms with Gasteiger partial charge in [-0.3, -0.25) is 4.79 Å². The Labute approximate surface area is 188 Å². The normalized spacial score (nSPS) is 21.2. The van der Waals surface area contributed by atoms with Crippen LogP contribution in [0.2, 0.25) is 0 Å². The number of carbonyl (C=O) groups excluding carboxylic acids is 1. The van der Waals surface area contributed by atoms with Crippen LogP contribution in [0.3, 0.4) is 0 Å². The van der Waals surface area contributed by atoms with Gasteiger partial charge >= 0.3 is 0 Å². The molecule has 0 bridgehead atoms. The van der Waals surface area contributed by atoms with Crippen LogP contribution in [-0.4, -0.2) is 55.9 Å². The number of benzene rings is 2. The molecule has 7 nitrogen and oxygen atoms in total. The highest BCUT2D eigenvalue weighted by molar-refractivity contribution is 5.97. The molecule has 2 N–H and O–H groups in total. The molecule has 0 spiro atoms. The Balaban J connectivity index is 1.35. The summed E-state index contributed by atoms with van der Waals surface area (Å²) in [7, 11) is 1.87. The summed E-state index contributed by atoms with van der Waals surface area (Å²) in [5.41, 5.74) is 5.31. The van der Waals surface area contributed by atoms with E-state index in [1.165, 1.54) is 17.5 Å². The highest BCUT2D eigenvalue weighted by atomic mass is 16.3. The standard InChI is InChI=1S/C25H29N5O2/c1-3-16-13-30(14-23(31)22-11-17-6-4-5-7-19(17)12-26-22)25(32)20-9-8-18(10-21(16)20)24-27-15-28-29(24)2/h4-10,15-16,22-23,26,31H,3,11-14H2,1-2H3/t16?,22-,23?/m0/s1. The van der Waals surface area contributed by atoms with E-state index >= 15 is 0 Å². The first-order chi connectivity index (χ1) is 15.5. The summed E-state index contributed by atoms with van der Waals surface area (Å²) in [5, 5.41) is 18.6. The molecule has 2 aliphatic heterocycles. The van der Waals surface area contributed by atoms with Crippen molar-refractivity contribution in [2.75, 3.05) is 13.1 Å². The molecule has 1 aromatic heterocycles. The number of aliphatic hydroxyl groups is 1. The molecule has 2 aliphatic rings. The van der Waals surface area contributed by atoms with Gasteiger partial charge in [-0.05, 0) is 41.7 Å². The minimum Gasteiger partial charge on any atom is -0.390 e. The first-order valence-electron chi connectivity index (χ1n) is 11.3. The van der Waals surface area contributed by atoms with Gasteiger partial charge in [0.1, 0.15) is 6.33 Å². The van der Waals surface area contributed by atoms with Crippen molar-refractivity contribution in [1.29, 1.82) is 0 Å². The van der Waals surface area contributed by atoms with Crippen molar-refractivity contribution in [3.05, 3.63) is 71.0 Å². The Hall–Kier alpha value is -3.03. The third-order valence-corrected chi connectivity index (χ3v) is 6.90. The van der Waals surface area contributed by atoms with E-state index in [0.29, 0.717) is 13.1 Å². The first-order valence-corrected chi connectivity index (χ1v) is 11.3. The number of hydrogen-bond acceptors (Lipinski definition) is 5. The fourth-order valence-electron chi connectivity index (χ4n) is 5.02. The van der Waals surface area contributed by atoms with E-state index in [0.717, 1.165) is 41.9 Å². The molecular formula is C25H29N5O2. The van der Waals surface area contributed by atoms with E-state index in [9.17, 15) is 9.90 Å². The summed E-state index contributed by atoms with van der Waals surface area (Å²) in [4.78, 5) is 19.5. The smallest absolute Gasteiger partial charge is 0.254 e. The predicted octanol–water partition coefficient (Wildman–Crippen LogP) is 2.51. The summed E-state index contributed by atoms with van der Waals surface area (Å²) in [6.45, 7) is 3.84. The molecule has 0 aliphatic carbocycles. The van der Waals surface area contributed by atoms with Crippen LogP contribution in [0.1, 0.15) is 46.3 Å². The molecule has 0 fully saturated rings. The second kappa shape index (κ2) is 8.48. The summed E-state index contributed by atoms with van der Waals surface area (Å²) in [5.74, 6) is 1.00. The Kier molecular flexibility index (Phi) is 5.53. The maximum atomic E-state index is 13.3. The number of aliphatic hydroxyl groups excluding tert-OH is 1. The summed E-state index contributed by atoms with van der Waals surface area (Å²) in [6.07, 6.45) is 2.61. The molecule has 32 heavy (non-hydrogen) atoms. The van der Waals surface area contributed by atoms with Gasteiger partial charge in [-0.2, -0.15) is 5.10 Å². The monoisotopic (exact) mass is 431 g/mol. The van der Waals surface area contributed by atoms with Crippen LogP contribution in [0.15, 0.2) is 48.8 Å². The van der Waals surface area contributed by atoms with Gasteiger partial charge in [0, 0.05) is 49.8 Å². The third kappa shape index (κ3) is 3.72. The number of carbonyl (C=O) groups is 1. The second-order valence-corrected chi connectivity index (χ2v) is 8.85. The fourth-order valence-corrected chi connectivity index (χ4v) is 5.02. The average Bonchev–Trinajstić information content (AvgIpc) is 3.26. The van der Waals surface area contributed by atoms with Crippen LogP contribution in [0.4, 0.5) is 0 Å². The number of β-amino-alcohol motifs (C(OH)–C–C–N with tert-alkyl or cyclic N) is 1. The zero-order chi connectivity index (χ0) is 22.2. The van der Waals surface area contributed by atoms with Crippen molar-refractivity contribution in [1.82, 2.24) is 25.0 Å². The number of aryl methyl sites for hydroxylation is 1. The lowest BCUT2D eigenvalue weighted by Gasteiger charge is -2.38. The van der Waals surface area contributed by atoms with Gasteiger partial charge in [0.25, 0.3) is 5.91 Å². The molecule has 5 rings (SSSR count). The molecule has 2 aromatic carbocycles. The van der Waals surface area contributed by atoms with Crippen LogP contribution in [0, 0.1) is 0 Å². The van der Waals surface area contributed by atoms with E-state index in [-0.39, 0.29) is 17.9 Å². The number of aromatic nitrogens is 3. The van der Waals surface area contributed by atoms with Crippen molar-refractivity contribution in [3.8, 4) is 11.4 Å². The van der Waals surface area contributed by atoms with Gasteiger partial charge in [-0.1, -0.05) is 37.3 Å². The summed E-state index contributed by atoms with van der Waals surface area (Å²) < 4.78 is 1.74. The molecule has 7 heteroatoms. The van der Waals surface area contributed by atoms with Crippen molar-refractivity contribution >= 4 is 5.91 Å². The highest BCUT2D eigenvalue weighted by Crippen LogP contribution is 2.34. The Bertz CT molecular complexity index is 1140. The first kappa shape index (κ1) is 20.8. The summed E-state index contributed by atoms with van der Waals surface area (Å²) in [6, 6.07) is 14.2. The van der Waals surface area contributed by atoms with Crippen LogP contribution in [-0.2, 0) is 20.0 Å². The zero-order valence-corrected chi connectivity index (χ0v) is 18.5. The van der Waals surface area contributed by atoms with E-state index < -0.39 is 6.10 Å². The largest absolute Gasteiger partial charge is 0.390 e. The highest BCUT2D eigenvalue weighted by Gasteiger charge is 2.34. The minimum absolute atomic E-state index is 0.00975. The van der Waals surface area contributed by atoms with Crippen molar-refractivity contribution in [3.63, 3.8) is 0 Å². The Morgan fingerprint density at radius 3 is 2.78 bits per heavy atom. The van der Waals surface area contributed by atoms with E-state index in [2.05, 4.69) is 40.5 Å². The number of nitrogens with zero attached hydrogens (tertiary/aromatic N) is 4. The lowest BCUT2D eigenvalue weighted by molar-refractivity contribution is 0.0484. The van der Waals surface area contributed by atoms with Gasteiger partial charge in [-0.15, -0.1) is 0 Å². The molecule has 3 atom stereocenters. The quantitative estimate of drug-likeness (QED) is 0.649. The van der Waals surface area contributed by atoms with Gasteiger partial charge in [0.15, 0.2) is 5.82 Å². The van der Waals surface area contributed by atoms with Crippen LogP contribution >= 0.6 is 0 Å². The molecule has 0 saturated heterocycles. The summed E-state index contributed by atoms with van der Waals surface area (Å²) >= 11 is 0. The van der Waals surface area contributed by atoms with E-state index in [1.807, 2.05) is 36.2 Å². The van der Waals surface area contributed by atoms with Crippen LogP contribution in [0.25, 0.3) is 11.4 Å². The van der Waals surface area contributed by atoms with Gasteiger partial charge in [-0.25, -0.2) is 9.67 Å². The third-order valence-electron chi connectivity index (χ3n) is 6.90. The number of rotatable bonds is 5. The van der Waals surface area contributed by atoms with Crippen molar-refractivity contribution in [2.45, 2.75) is 44.4 Å². The fraction of sp³-hybridized carbons (Fsp3) is 0.400. The topological polar surface area (TPSA) is 83.3 Å². The molecule has 2 unspecified atom stereocenters. The van der Waals surface area contributed by atoms with E-state index in [1.54, 1.807) is 4.68 Å². The predicted molar refractivity (Wildman–Crippen MR) is 122 cm³/mol. The molecular weight excluding hydrogens is 402 g/mol. The molecule has 3 aromatic rings. The molecule has 0 radical (unpaired) electrons. The minimum atomic E-state index is -0.621. The Morgan fingerprint density at radius 2 is 2.03 bits per heavy atom. The number of fused-ring (bicyclic) bond motifs is 2. The number of amides is 1. The van der Waals surface area contributed by atoms with Gasteiger partial charge < -0.3 is 15.3 Å². The SMILES string of the molecule is CCC1CN(CC(O)[C@@H]2Cc3ccccc3CN2)C(=O)c2ccc(-c3ncnn3C)cc21. The Morgan fingerprint density at radius 1 is 1.22 bits per heavy atom. The van der Waals surface area contributed by atoms with Crippen molar-refractivity contribution < 1.29 is 9.90 Å². The average molecular weight is 432 g/mol. The maximum Gasteiger partial charge on any atom is 0.254 e. The maximum absolute atomic E-state index is 13.3. The van der Waals surface area contributed by atoms with Gasteiger partial charge in [0.2, 0.25) is 0 Å². The molecule has 3 heterocycles. The molecule has 166 valence electrons. The zero-order valence-electron chi connectivity index (χ0n) is 18.5. The molecule has 1 amide bonds. The lowest BCUT2D eigenvalue weighted by Crippen LogP contribution is -2.52. The number of hydrogen-bond donors (Lipinski definition) is 2. The van der Waals surface area contributed by atoms with Crippen LogP contribution < -0.4 is 5.32 Å². The van der Waals surface area contributed by atoms with Gasteiger partial charge in [0.05, 0.1) is 6.10 Å².